The standard InChI is InChI=1S/C20H24N6O/c1-14-12-24(2)6-7-26(14)20(27)9-17-8-19-15(10-21-17)4-5-18(23-19)16-11-22-25(3)13-16/h4-5,8,10-11,13-14H,6-7,9,12H2,1-3H3/t14-/m0/s1. The number of likely N-dealkylation sites (N-methyl/N-ethyl adjacent to an activating group) is 1. The van der Waals surface area contributed by atoms with E-state index in [1.54, 1.807) is 17.1 Å². The summed E-state index contributed by atoms with van der Waals surface area (Å²) in [5.41, 5.74) is 3.45. The van der Waals surface area contributed by atoms with E-state index in [1.807, 2.05) is 36.3 Å². The van der Waals surface area contributed by atoms with Gasteiger partial charge in [-0.05, 0) is 32.2 Å². The van der Waals surface area contributed by atoms with Gasteiger partial charge >= 0.3 is 0 Å². The predicted octanol–water partition coefficient (Wildman–Crippen LogP) is 1.74. The minimum atomic E-state index is 0.130. The second-order valence-electron chi connectivity index (χ2n) is 7.34. The third-order valence-electron chi connectivity index (χ3n) is 5.11. The number of carbonyl (C=O) groups excluding carboxylic acids is 1. The van der Waals surface area contributed by atoms with Crippen molar-refractivity contribution in [1.82, 2.24) is 29.5 Å². The van der Waals surface area contributed by atoms with Gasteiger partial charge in [0.2, 0.25) is 5.91 Å². The highest BCUT2D eigenvalue weighted by Gasteiger charge is 2.25. The zero-order chi connectivity index (χ0) is 19.0. The van der Waals surface area contributed by atoms with Crippen LogP contribution in [0.3, 0.4) is 0 Å². The molecule has 0 unspecified atom stereocenters. The Morgan fingerprint density at radius 1 is 1.22 bits per heavy atom. The number of hydrogen-bond donors (Lipinski definition) is 0. The molecule has 0 aliphatic carbocycles. The number of hydrogen-bond acceptors (Lipinski definition) is 5. The highest BCUT2D eigenvalue weighted by atomic mass is 16.2. The van der Waals surface area contributed by atoms with Crippen LogP contribution in [0.5, 0.6) is 0 Å². The van der Waals surface area contributed by atoms with Crippen molar-refractivity contribution >= 4 is 16.8 Å². The Kier molecular flexibility index (Phi) is 4.61. The number of nitrogens with zero attached hydrogens (tertiary/aromatic N) is 6. The van der Waals surface area contributed by atoms with Crippen molar-refractivity contribution in [2.75, 3.05) is 26.7 Å². The van der Waals surface area contributed by atoms with E-state index in [1.165, 1.54) is 0 Å². The number of pyridine rings is 2. The summed E-state index contributed by atoms with van der Waals surface area (Å²) in [4.78, 5) is 26.2. The van der Waals surface area contributed by atoms with Crippen molar-refractivity contribution < 1.29 is 4.79 Å². The van der Waals surface area contributed by atoms with Crippen LogP contribution in [0.25, 0.3) is 22.2 Å². The minimum Gasteiger partial charge on any atom is -0.337 e. The molecule has 3 aromatic rings. The Hall–Kier alpha value is -2.80. The van der Waals surface area contributed by atoms with E-state index in [0.717, 1.165) is 47.5 Å². The van der Waals surface area contributed by atoms with Crippen LogP contribution in [-0.4, -0.2) is 68.2 Å². The van der Waals surface area contributed by atoms with Crippen molar-refractivity contribution in [3.05, 3.63) is 42.5 Å². The molecule has 0 N–H and O–H groups in total. The number of aromatic nitrogens is 4. The number of rotatable bonds is 3. The molecule has 1 saturated heterocycles. The van der Waals surface area contributed by atoms with E-state index in [4.69, 9.17) is 4.98 Å². The third kappa shape index (κ3) is 3.68. The van der Waals surface area contributed by atoms with Crippen LogP contribution >= 0.6 is 0 Å². The molecule has 1 fully saturated rings. The topological polar surface area (TPSA) is 67.2 Å². The fourth-order valence-electron chi connectivity index (χ4n) is 3.64. The Labute approximate surface area is 158 Å². The lowest BCUT2D eigenvalue weighted by Crippen LogP contribution is -2.53. The molecule has 140 valence electrons. The molecular formula is C20H24N6O. The molecule has 7 heteroatoms. The van der Waals surface area contributed by atoms with Crippen LogP contribution in [0.1, 0.15) is 12.6 Å². The van der Waals surface area contributed by atoms with Crippen molar-refractivity contribution in [2.24, 2.45) is 7.05 Å². The number of fused-ring (bicyclic) bond motifs is 1. The van der Waals surface area contributed by atoms with Crippen molar-refractivity contribution in [1.29, 1.82) is 0 Å². The zero-order valence-corrected chi connectivity index (χ0v) is 16.0. The van der Waals surface area contributed by atoms with Gasteiger partial charge in [0.15, 0.2) is 0 Å². The maximum atomic E-state index is 12.7. The lowest BCUT2D eigenvalue weighted by Gasteiger charge is -2.38. The Morgan fingerprint density at radius 3 is 2.81 bits per heavy atom. The molecule has 27 heavy (non-hydrogen) atoms. The average Bonchev–Trinajstić information content (AvgIpc) is 3.07. The van der Waals surface area contributed by atoms with Gasteiger partial charge in [-0.25, -0.2) is 4.98 Å². The van der Waals surface area contributed by atoms with Crippen LogP contribution in [0.15, 0.2) is 36.8 Å². The molecule has 1 aliphatic rings. The van der Waals surface area contributed by atoms with Gasteiger partial charge in [0.1, 0.15) is 0 Å². The molecular weight excluding hydrogens is 340 g/mol. The second kappa shape index (κ2) is 7.08. The molecule has 0 aromatic carbocycles. The molecule has 0 bridgehead atoms. The van der Waals surface area contributed by atoms with Crippen molar-refractivity contribution in [3.63, 3.8) is 0 Å². The predicted molar refractivity (Wildman–Crippen MR) is 104 cm³/mol. The molecule has 0 spiro atoms. The molecule has 3 aromatic heterocycles. The third-order valence-corrected chi connectivity index (χ3v) is 5.11. The summed E-state index contributed by atoms with van der Waals surface area (Å²) in [5, 5.41) is 5.17. The van der Waals surface area contributed by atoms with E-state index >= 15 is 0 Å². The van der Waals surface area contributed by atoms with Gasteiger partial charge in [0, 0.05) is 56.1 Å². The van der Waals surface area contributed by atoms with Gasteiger partial charge in [-0.15, -0.1) is 0 Å². The monoisotopic (exact) mass is 364 g/mol. The minimum absolute atomic E-state index is 0.130. The van der Waals surface area contributed by atoms with E-state index in [-0.39, 0.29) is 11.9 Å². The van der Waals surface area contributed by atoms with Crippen LogP contribution < -0.4 is 0 Å². The van der Waals surface area contributed by atoms with Crippen LogP contribution in [-0.2, 0) is 18.3 Å². The summed E-state index contributed by atoms with van der Waals surface area (Å²) >= 11 is 0. The first-order valence-corrected chi connectivity index (χ1v) is 9.22. The Morgan fingerprint density at radius 2 is 2.07 bits per heavy atom. The molecule has 7 nitrogen and oxygen atoms in total. The molecule has 0 saturated carbocycles. The number of amides is 1. The lowest BCUT2D eigenvalue weighted by molar-refractivity contribution is -0.134. The van der Waals surface area contributed by atoms with Gasteiger partial charge in [-0.2, -0.15) is 5.10 Å². The van der Waals surface area contributed by atoms with E-state index < -0.39 is 0 Å². The van der Waals surface area contributed by atoms with Crippen LogP contribution in [0.2, 0.25) is 0 Å². The highest BCUT2D eigenvalue weighted by Crippen LogP contribution is 2.21. The SMILES string of the molecule is C[C@H]1CN(C)CCN1C(=O)Cc1cc2nc(-c3cnn(C)c3)ccc2cn1. The van der Waals surface area contributed by atoms with Crippen LogP contribution in [0, 0.1) is 0 Å². The Balaban J connectivity index is 1.56. The lowest BCUT2D eigenvalue weighted by atomic mass is 10.1. The van der Waals surface area contributed by atoms with Crippen molar-refractivity contribution in [2.45, 2.75) is 19.4 Å². The van der Waals surface area contributed by atoms with Gasteiger partial charge in [-0.1, -0.05) is 0 Å². The number of carbonyl (C=O) groups is 1. The molecule has 0 radical (unpaired) electrons. The molecule has 1 aliphatic heterocycles. The summed E-state index contributed by atoms with van der Waals surface area (Å²) in [6, 6.07) is 6.13. The fourth-order valence-corrected chi connectivity index (χ4v) is 3.64. The number of aryl methyl sites for hydroxylation is 1. The van der Waals surface area contributed by atoms with Crippen molar-refractivity contribution in [3.8, 4) is 11.3 Å². The van der Waals surface area contributed by atoms with Crippen LogP contribution in [0.4, 0.5) is 0 Å². The Bertz CT molecular complexity index is 982. The second-order valence-corrected chi connectivity index (χ2v) is 7.34. The normalized spacial score (nSPS) is 18.2. The van der Waals surface area contributed by atoms with E-state index in [0.29, 0.717) is 6.42 Å². The number of piperazine rings is 1. The van der Waals surface area contributed by atoms with E-state index in [2.05, 4.69) is 29.0 Å². The highest BCUT2D eigenvalue weighted by molar-refractivity contribution is 5.83. The van der Waals surface area contributed by atoms with E-state index in [9.17, 15) is 4.79 Å². The summed E-state index contributed by atoms with van der Waals surface area (Å²) in [6.07, 6.45) is 5.84. The van der Waals surface area contributed by atoms with Gasteiger partial charge < -0.3 is 9.80 Å². The van der Waals surface area contributed by atoms with Gasteiger partial charge in [0.25, 0.3) is 0 Å². The molecule has 1 amide bonds. The molecule has 4 heterocycles. The molecule has 4 rings (SSSR count). The summed E-state index contributed by atoms with van der Waals surface area (Å²) < 4.78 is 1.76. The molecule has 1 atom stereocenters. The largest absolute Gasteiger partial charge is 0.337 e. The first kappa shape index (κ1) is 17.6. The first-order chi connectivity index (χ1) is 13.0. The van der Waals surface area contributed by atoms with Gasteiger partial charge in [-0.3, -0.25) is 14.5 Å². The van der Waals surface area contributed by atoms with Gasteiger partial charge in [0.05, 0.1) is 29.5 Å². The summed E-state index contributed by atoms with van der Waals surface area (Å²) in [7, 11) is 3.98. The zero-order valence-electron chi connectivity index (χ0n) is 16.0. The quantitative estimate of drug-likeness (QED) is 0.708. The fraction of sp³-hybridized carbons (Fsp3) is 0.400. The summed E-state index contributed by atoms with van der Waals surface area (Å²) in [6.45, 7) is 4.70. The summed E-state index contributed by atoms with van der Waals surface area (Å²) in [5.74, 6) is 0.130. The first-order valence-electron chi connectivity index (χ1n) is 9.22. The maximum absolute atomic E-state index is 12.7. The smallest absolute Gasteiger partial charge is 0.228 e. The average molecular weight is 364 g/mol. The maximum Gasteiger partial charge on any atom is 0.228 e.